The molecule has 0 aromatic heterocycles. The Balaban J connectivity index is 0.000000448. The van der Waals surface area contributed by atoms with Gasteiger partial charge in [0, 0.05) is 0 Å². The molecule has 8 N–H and O–H groups in total. The van der Waals surface area contributed by atoms with Crippen LogP contribution >= 0.6 is 0 Å². The Kier molecular flexibility index (Phi) is 32.4. The number of aliphatic carboxylic acids is 6. The van der Waals surface area contributed by atoms with Crippen LogP contribution in [-0.4, -0.2) is 89.4 Å². The maximum Gasteiger partial charge on any atom is 0.321 e. The average molecular weight is 997 g/mol. The molecule has 14 nitrogen and oxygen atoms in total. The van der Waals surface area contributed by atoms with Crippen LogP contribution in [0.25, 0.3) is 0 Å². The minimum absolute atomic E-state index is 0.0914. The van der Waals surface area contributed by atoms with Crippen molar-refractivity contribution in [2.75, 3.05) is 6.61 Å². The Morgan fingerprint density at radius 3 is 0.686 bits per heavy atom. The molecule has 0 radical (unpaired) electrons. The quantitative estimate of drug-likeness (QED) is 0.0947. The van der Waals surface area contributed by atoms with Crippen molar-refractivity contribution in [2.45, 2.75) is 284 Å². The van der Waals surface area contributed by atoms with Gasteiger partial charge in [0.2, 0.25) is 0 Å². The van der Waals surface area contributed by atoms with Crippen molar-refractivity contribution >= 4 is 35.8 Å². The van der Waals surface area contributed by atoms with Gasteiger partial charge in [0.05, 0.1) is 12.7 Å². The van der Waals surface area contributed by atoms with Crippen molar-refractivity contribution in [1.29, 1.82) is 0 Å². The molecule has 14 heteroatoms. The van der Waals surface area contributed by atoms with E-state index in [9.17, 15) is 33.9 Å². The van der Waals surface area contributed by atoms with Crippen LogP contribution in [0.2, 0.25) is 0 Å². The summed E-state index contributed by atoms with van der Waals surface area (Å²) in [5.41, 5.74) is -4.00. The second kappa shape index (κ2) is 35.0. The highest BCUT2D eigenvalue weighted by Gasteiger charge is 2.47. The molecule has 5 aliphatic carbocycles. The zero-order valence-corrected chi connectivity index (χ0v) is 44.1. The van der Waals surface area contributed by atoms with Gasteiger partial charge in [-0.1, -0.05) is 213 Å². The molecule has 0 aromatic rings. The van der Waals surface area contributed by atoms with Gasteiger partial charge in [0.25, 0.3) is 0 Å². The number of aliphatic hydroxyl groups is 2. The van der Waals surface area contributed by atoms with Crippen LogP contribution in [-0.2, 0) is 28.8 Å². The molecular weight excluding hydrogens is 897 g/mol. The summed E-state index contributed by atoms with van der Waals surface area (Å²) in [5.74, 6) is -7.00. The van der Waals surface area contributed by atoms with Crippen LogP contribution in [0, 0.1) is 27.1 Å². The Bertz CT molecular complexity index is 1270. The van der Waals surface area contributed by atoms with Crippen LogP contribution in [0.4, 0.5) is 0 Å². The number of aliphatic hydroxyl groups excluding tert-OH is 2. The van der Waals surface area contributed by atoms with E-state index in [1.54, 1.807) is 0 Å². The van der Waals surface area contributed by atoms with E-state index in [1.165, 1.54) is 89.9 Å². The minimum Gasteiger partial charge on any atom is -0.480 e. The van der Waals surface area contributed by atoms with E-state index < -0.39 is 58.2 Å². The summed E-state index contributed by atoms with van der Waals surface area (Å²) in [6.45, 7) is 6.73. The average Bonchev–Trinajstić information content (AvgIpc) is 3.32. The molecule has 0 saturated heterocycles. The number of carboxylic acid groups (broad SMARTS) is 6. The summed E-state index contributed by atoms with van der Waals surface area (Å²) in [5, 5.41) is 73.7. The Morgan fingerprint density at radius 2 is 0.514 bits per heavy atom. The van der Waals surface area contributed by atoms with Crippen molar-refractivity contribution in [2.24, 2.45) is 27.1 Å². The number of hydrogen-bond donors (Lipinski definition) is 8. The van der Waals surface area contributed by atoms with Gasteiger partial charge in [-0.05, 0) is 75.0 Å². The van der Waals surface area contributed by atoms with Crippen molar-refractivity contribution in [1.82, 2.24) is 0 Å². The summed E-state index contributed by atoms with van der Waals surface area (Å²) in [6, 6.07) is 0. The fraction of sp³-hybridized carbons (Fsp3) is 0.893. The van der Waals surface area contributed by atoms with E-state index in [2.05, 4.69) is 20.8 Å². The molecular formula is C56H100O14. The van der Waals surface area contributed by atoms with Gasteiger partial charge >= 0.3 is 35.8 Å². The van der Waals surface area contributed by atoms with E-state index in [-0.39, 0.29) is 50.5 Å². The van der Waals surface area contributed by atoms with Gasteiger partial charge in [-0.2, -0.15) is 0 Å². The zero-order valence-electron chi connectivity index (χ0n) is 44.1. The van der Waals surface area contributed by atoms with Gasteiger partial charge < -0.3 is 40.9 Å². The minimum atomic E-state index is -1.53. The standard InChI is InChI=1S/C14H28O2.3C12H20O4.C6H12/c1-13(2,3)11-14(9-12(16)10-15)7-5-4-6-8-14;3*13-10(14)12(11(15)16)8-6-4-2-1-3-5-7-9-12;1-2-4-6-5-3-1/h12,15-16H,4-11H2,1-3H3;3*1-9H2,(H,13,14)(H,15,16);1-6H2. The Morgan fingerprint density at radius 1 is 0.343 bits per heavy atom. The fourth-order valence-electron chi connectivity index (χ4n) is 11.6. The Labute approximate surface area is 421 Å². The van der Waals surface area contributed by atoms with E-state index >= 15 is 0 Å². The van der Waals surface area contributed by atoms with Gasteiger partial charge in [-0.15, -0.1) is 0 Å². The summed E-state index contributed by atoms with van der Waals surface area (Å²) < 4.78 is 0. The summed E-state index contributed by atoms with van der Waals surface area (Å²) in [4.78, 5) is 67.2. The number of carboxylic acids is 6. The molecule has 5 aliphatic rings. The predicted molar refractivity (Wildman–Crippen MR) is 273 cm³/mol. The lowest BCUT2D eigenvalue weighted by Gasteiger charge is -2.43. The molecule has 70 heavy (non-hydrogen) atoms. The molecule has 0 aromatic carbocycles. The monoisotopic (exact) mass is 997 g/mol. The zero-order chi connectivity index (χ0) is 52.5. The third kappa shape index (κ3) is 24.4. The first-order valence-electron chi connectivity index (χ1n) is 27.8. The third-order valence-corrected chi connectivity index (χ3v) is 15.8. The molecule has 0 heterocycles. The lowest BCUT2D eigenvalue weighted by molar-refractivity contribution is -0.168. The second-order valence-electron chi connectivity index (χ2n) is 23.0. The van der Waals surface area contributed by atoms with E-state index in [4.69, 9.17) is 35.7 Å². The van der Waals surface area contributed by atoms with Crippen LogP contribution in [0.15, 0.2) is 0 Å². The molecule has 5 fully saturated rings. The predicted octanol–water partition coefficient (Wildman–Crippen LogP) is 13.5. The molecule has 1 atom stereocenters. The van der Waals surface area contributed by atoms with E-state index in [0.29, 0.717) is 43.9 Å². The first-order chi connectivity index (χ1) is 33.2. The molecule has 1 unspecified atom stereocenters. The van der Waals surface area contributed by atoms with Crippen LogP contribution in [0.3, 0.4) is 0 Å². The number of hydrogen-bond acceptors (Lipinski definition) is 8. The maximum atomic E-state index is 11.2. The lowest BCUT2D eigenvalue weighted by Crippen LogP contribution is -2.39. The maximum absolute atomic E-state index is 11.2. The number of rotatable bonds is 10. The normalized spacial score (nSPS) is 22.6. The van der Waals surface area contributed by atoms with Crippen molar-refractivity contribution < 1.29 is 69.6 Å². The van der Waals surface area contributed by atoms with Gasteiger partial charge in [-0.25, -0.2) is 0 Å². The van der Waals surface area contributed by atoms with Crippen LogP contribution < -0.4 is 0 Å². The highest BCUT2D eigenvalue weighted by atomic mass is 16.4. The van der Waals surface area contributed by atoms with Crippen LogP contribution in [0.5, 0.6) is 0 Å². The Hall–Kier alpha value is -3.26. The molecule has 0 bridgehead atoms. The summed E-state index contributed by atoms with van der Waals surface area (Å²) in [6.07, 6.45) is 38.5. The molecule has 408 valence electrons. The fourth-order valence-corrected chi connectivity index (χ4v) is 11.6. The smallest absolute Gasteiger partial charge is 0.321 e. The van der Waals surface area contributed by atoms with E-state index in [0.717, 1.165) is 89.9 Å². The van der Waals surface area contributed by atoms with Crippen molar-refractivity contribution in [3.8, 4) is 0 Å². The highest BCUT2D eigenvalue weighted by molar-refractivity contribution is 5.99. The topological polar surface area (TPSA) is 264 Å². The number of carbonyl (C=O) groups is 6. The van der Waals surface area contributed by atoms with E-state index in [1.807, 2.05) is 0 Å². The summed E-state index contributed by atoms with van der Waals surface area (Å²) in [7, 11) is 0. The lowest BCUT2D eigenvalue weighted by atomic mass is 9.63. The molecule has 0 amide bonds. The molecule has 5 rings (SSSR count). The van der Waals surface area contributed by atoms with Gasteiger partial charge in [0.1, 0.15) is 0 Å². The first kappa shape index (κ1) is 64.8. The van der Waals surface area contributed by atoms with Gasteiger partial charge in [0.15, 0.2) is 16.2 Å². The second-order valence-corrected chi connectivity index (χ2v) is 23.0. The SMILES string of the molecule is C1CCCCC1.CC(C)(C)CC1(CC(O)CO)CCCCC1.O=C(O)C1(C(=O)O)CCCCCCCCC1.O=C(O)C1(C(=O)O)CCCCCCCCC1.O=C(O)C1(C(=O)O)CCCCCCCCC1. The van der Waals surface area contributed by atoms with Crippen molar-refractivity contribution in [3.63, 3.8) is 0 Å². The summed E-state index contributed by atoms with van der Waals surface area (Å²) >= 11 is 0. The molecule has 0 aliphatic heterocycles. The van der Waals surface area contributed by atoms with Gasteiger partial charge in [-0.3, -0.25) is 28.8 Å². The third-order valence-electron chi connectivity index (χ3n) is 15.8. The highest BCUT2D eigenvalue weighted by Crippen LogP contribution is 2.48. The molecule has 0 spiro atoms. The molecule has 5 saturated carbocycles. The van der Waals surface area contributed by atoms with Crippen LogP contribution in [0.1, 0.15) is 278 Å². The first-order valence-corrected chi connectivity index (χ1v) is 27.8. The van der Waals surface area contributed by atoms with Crippen molar-refractivity contribution in [3.05, 3.63) is 0 Å². The largest absolute Gasteiger partial charge is 0.480 e.